The summed E-state index contributed by atoms with van der Waals surface area (Å²) in [4.78, 5) is 21.4. The zero-order valence-electron chi connectivity index (χ0n) is 9.31. The van der Waals surface area contributed by atoms with E-state index in [0.29, 0.717) is 31.2 Å². The van der Waals surface area contributed by atoms with Crippen LogP contribution < -0.4 is 0 Å². The number of carbonyl (C=O) groups is 1. The summed E-state index contributed by atoms with van der Waals surface area (Å²) in [6, 6.07) is 6.67. The first kappa shape index (κ1) is 12.4. The van der Waals surface area contributed by atoms with Gasteiger partial charge in [0.25, 0.3) is 5.69 Å². The second kappa shape index (κ2) is 6.00. The van der Waals surface area contributed by atoms with Crippen LogP contribution in [0.25, 0.3) is 0 Å². The summed E-state index contributed by atoms with van der Waals surface area (Å²) in [6.45, 7) is 1.83. The van der Waals surface area contributed by atoms with Crippen LogP contribution in [-0.2, 0) is 11.2 Å². The molecule has 0 saturated carbocycles. The summed E-state index contributed by atoms with van der Waals surface area (Å²) in [7, 11) is 0. The minimum absolute atomic E-state index is 0.145. The minimum atomic E-state index is -0.378. The quantitative estimate of drug-likeness (QED) is 0.548. The van der Waals surface area contributed by atoms with Gasteiger partial charge in [0, 0.05) is 24.5 Å². The molecule has 16 heavy (non-hydrogen) atoms. The molecule has 0 bridgehead atoms. The number of nitro benzene ring substituents is 1. The number of benzene rings is 1. The van der Waals surface area contributed by atoms with E-state index >= 15 is 0 Å². The lowest BCUT2D eigenvalue weighted by molar-refractivity contribution is -0.385. The van der Waals surface area contributed by atoms with Crippen molar-refractivity contribution in [3.63, 3.8) is 0 Å². The average Bonchev–Trinajstić information content (AvgIpc) is 2.29. The standard InChI is InChI=1S/C12H15NO3/c1-2-11(14)8-5-7-10-6-3-4-9-12(10)13(15)16/h3-4,6,9H,2,5,7-8H2,1H3. The summed E-state index contributed by atoms with van der Waals surface area (Å²) >= 11 is 0. The van der Waals surface area contributed by atoms with Crippen molar-refractivity contribution < 1.29 is 9.72 Å². The molecule has 1 rings (SSSR count). The van der Waals surface area contributed by atoms with Gasteiger partial charge in [-0.15, -0.1) is 0 Å². The number of nitro groups is 1. The van der Waals surface area contributed by atoms with E-state index in [1.807, 2.05) is 6.92 Å². The van der Waals surface area contributed by atoms with Gasteiger partial charge in [-0.2, -0.15) is 0 Å². The summed E-state index contributed by atoms with van der Waals surface area (Å²) < 4.78 is 0. The number of nitrogens with zero attached hydrogens (tertiary/aromatic N) is 1. The van der Waals surface area contributed by atoms with Crippen LogP contribution in [0.5, 0.6) is 0 Å². The van der Waals surface area contributed by atoms with Gasteiger partial charge in [0.15, 0.2) is 0 Å². The van der Waals surface area contributed by atoms with Gasteiger partial charge in [0.1, 0.15) is 5.78 Å². The molecule has 1 aromatic carbocycles. The fourth-order valence-corrected chi connectivity index (χ4v) is 1.55. The van der Waals surface area contributed by atoms with Gasteiger partial charge in [-0.1, -0.05) is 25.1 Å². The fourth-order valence-electron chi connectivity index (χ4n) is 1.55. The summed E-state index contributed by atoms with van der Waals surface area (Å²) in [5.41, 5.74) is 0.850. The van der Waals surface area contributed by atoms with Gasteiger partial charge in [-0.05, 0) is 12.8 Å². The Morgan fingerprint density at radius 3 is 2.69 bits per heavy atom. The Morgan fingerprint density at radius 1 is 1.38 bits per heavy atom. The first-order valence-electron chi connectivity index (χ1n) is 5.39. The minimum Gasteiger partial charge on any atom is -0.300 e. The van der Waals surface area contributed by atoms with Crippen LogP contribution in [0.15, 0.2) is 24.3 Å². The number of para-hydroxylation sites is 1. The van der Waals surface area contributed by atoms with E-state index in [4.69, 9.17) is 0 Å². The van der Waals surface area contributed by atoms with Gasteiger partial charge in [0.05, 0.1) is 4.92 Å². The Morgan fingerprint density at radius 2 is 2.06 bits per heavy atom. The Hall–Kier alpha value is -1.71. The predicted molar refractivity (Wildman–Crippen MR) is 61.3 cm³/mol. The Labute approximate surface area is 94.4 Å². The molecule has 0 unspecified atom stereocenters. The van der Waals surface area contributed by atoms with E-state index in [1.54, 1.807) is 18.2 Å². The highest BCUT2D eigenvalue weighted by Crippen LogP contribution is 2.19. The number of ketones is 1. The normalized spacial score (nSPS) is 10.1. The molecule has 0 atom stereocenters. The highest BCUT2D eigenvalue weighted by atomic mass is 16.6. The van der Waals surface area contributed by atoms with Crippen LogP contribution in [0.4, 0.5) is 5.69 Å². The fraction of sp³-hybridized carbons (Fsp3) is 0.417. The third-order valence-electron chi connectivity index (χ3n) is 2.48. The Balaban J connectivity index is 2.60. The lowest BCUT2D eigenvalue weighted by Crippen LogP contribution is -1.99. The molecule has 4 nitrogen and oxygen atoms in total. The van der Waals surface area contributed by atoms with Crippen molar-refractivity contribution in [2.24, 2.45) is 0 Å². The molecule has 0 aromatic heterocycles. The largest absolute Gasteiger partial charge is 0.300 e. The Bertz CT molecular complexity index is 388. The van der Waals surface area contributed by atoms with Crippen LogP contribution in [-0.4, -0.2) is 10.7 Å². The molecule has 1 aromatic rings. The van der Waals surface area contributed by atoms with E-state index in [0.717, 1.165) is 0 Å². The summed E-state index contributed by atoms with van der Waals surface area (Å²) in [6.07, 6.45) is 2.31. The smallest absolute Gasteiger partial charge is 0.272 e. The van der Waals surface area contributed by atoms with E-state index in [1.165, 1.54) is 6.07 Å². The van der Waals surface area contributed by atoms with E-state index in [2.05, 4.69) is 0 Å². The second-order valence-electron chi connectivity index (χ2n) is 3.63. The van der Waals surface area contributed by atoms with Crippen molar-refractivity contribution in [3.8, 4) is 0 Å². The summed E-state index contributed by atoms with van der Waals surface area (Å²) in [5.74, 6) is 0.207. The van der Waals surface area contributed by atoms with Crippen molar-refractivity contribution in [2.45, 2.75) is 32.6 Å². The van der Waals surface area contributed by atoms with Gasteiger partial charge in [-0.3, -0.25) is 14.9 Å². The predicted octanol–water partition coefficient (Wildman–Crippen LogP) is 2.90. The van der Waals surface area contributed by atoms with Crippen LogP contribution in [0, 0.1) is 10.1 Å². The number of aryl methyl sites for hydroxylation is 1. The monoisotopic (exact) mass is 221 g/mol. The number of hydrogen-bond donors (Lipinski definition) is 0. The lowest BCUT2D eigenvalue weighted by atomic mass is 10.0. The lowest BCUT2D eigenvalue weighted by Gasteiger charge is -2.01. The van der Waals surface area contributed by atoms with Gasteiger partial charge < -0.3 is 0 Å². The third kappa shape index (κ3) is 3.46. The maximum Gasteiger partial charge on any atom is 0.272 e. The third-order valence-corrected chi connectivity index (χ3v) is 2.48. The molecule has 0 aliphatic rings. The van der Waals surface area contributed by atoms with Crippen LogP contribution in [0.3, 0.4) is 0 Å². The number of rotatable bonds is 6. The van der Waals surface area contributed by atoms with E-state index in [-0.39, 0.29) is 16.4 Å². The molecule has 0 fully saturated rings. The molecule has 0 heterocycles. The van der Waals surface area contributed by atoms with Gasteiger partial charge in [0.2, 0.25) is 0 Å². The van der Waals surface area contributed by atoms with Crippen molar-refractivity contribution in [2.75, 3.05) is 0 Å². The van der Waals surface area contributed by atoms with Crippen molar-refractivity contribution in [1.29, 1.82) is 0 Å². The topological polar surface area (TPSA) is 60.2 Å². The SMILES string of the molecule is CCC(=O)CCCc1ccccc1[N+](=O)[O-]. The van der Waals surface area contributed by atoms with Crippen LogP contribution in [0.2, 0.25) is 0 Å². The maximum absolute atomic E-state index is 11.1. The van der Waals surface area contributed by atoms with Crippen LogP contribution >= 0.6 is 0 Å². The zero-order valence-corrected chi connectivity index (χ0v) is 9.31. The molecule has 0 aliphatic carbocycles. The zero-order chi connectivity index (χ0) is 12.0. The number of hydrogen-bond acceptors (Lipinski definition) is 3. The summed E-state index contributed by atoms with van der Waals surface area (Å²) in [5, 5.41) is 10.7. The first-order valence-corrected chi connectivity index (χ1v) is 5.39. The average molecular weight is 221 g/mol. The van der Waals surface area contributed by atoms with E-state index < -0.39 is 0 Å². The van der Waals surface area contributed by atoms with E-state index in [9.17, 15) is 14.9 Å². The number of Topliss-reactive ketones (excluding diaryl/α,β-unsaturated/α-hetero) is 1. The van der Waals surface area contributed by atoms with Gasteiger partial charge >= 0.3 is 0 Å². The van der Waals surface area contributed by atoms with Crippen molar-refractivity contribution in [1.82, 2.24) is 0 Å². The molecule has 0 amide bonds. The highest BCUT2D eigenvalue weighted by molar-refractivity contribution is 5.77. The molecule has 0 spiro atoms. The van der Waals surface area contributed by atoms with Gasteiger partial charge in [-0.25, -0.2) is 0 Å². The molecule has 86 valence electrons. The molecule has 0 saturated heterocycles. The molecule has 0 radical (unpaired) electrons. The maximum atomic E-state index is 11.1. The van der Waals surface area contributed by atoms with Crippen molar-refractivity contribution in [3.05, 3.63) is 39.9 Å². The second-order valence-corrected chi connectivity index (χ2v) is 3.63. The molecule has 0 N–H and O–H groups in total. The molecular weight excluding hydrogens is 206 g/mol. The molecular formula is C12H15NO3. The van der Waals surface area contributed by atoms with Crippen molar-refractivity contribution >= 4 is 11.5 Å². The molecule has 0 aliphatic heterocycles. The van der Waals surface area contributed by atoms with Crippen LogP contribution in [0.1, 0.15) is 31.7 Å². The number of carbonyl (C=O) groups excluding carboxylic acids is 1. The Kier molecular flexibility index (Phi) is 4.64. The first-order chi connectivity index (χ1) is 7.65. The molecule has 4 heteroatoms. The highest BCUT2D eigenvalue weighted by Gasteiger charge is 2.11.